The number of hydrogen-bond donors (Lipinski definition) is 1. The molecule has 0 radical (unpaired) electrons. The third kappa shape index (κ3) is 4.85. The summed E-state index contributed by atoms with van der Waals surface area (Å²) in [4.78, 5) is 32.9. The Balaban J connectivity index is 1.54. The van der Waals surface area contributed by atoms with Crippen LogP contribution in [0.4, 0.5) is 11.4 Å². The number of anilines is 1. The molecule has 31 heavy (non-hydrogen) atoms. The quantitative estimate of drug-likeness (QED) is 0.673. The SMILES string of the molecule is Cc1ccc(C)c(NC(=O)CC2SC(=Nc3ccccc3C)N(C3CCCC3)C2=O)c1. The molecule has 5 nitrogen and oxygen atoms in total. The summed E-state index contributed by atoms with van der Waals surface area (Å²) >= 11 is 1.43. The fraction of sp³-hybridized carbons (Fsp3) is 0.400. The van der Waals surface area contributed by atoms with Crippen molar-refractivity contribution in [3.05, 3.63) is 59.2 Å². The number of para-hydroxylation sites is 1. The van der Waals surface area contributed by atoms with Gasteiger partial charge in [-0.3, -0.25) is 14.5 Å². The lowest BCUT2D eigenvalue weighted by atomic mass is 10.1. The van der Waals surface area contributed by atoms with Gasteiger partial charge in [0.2, 0.25) is 11.8 Å². The van der Waals surface area contributed by atoms with Crippen molar-refractivity contribution in [1.29, 1.82) is 0 Å². The molecule has 0 aromatic heterocycles. The zero-order valence-electron chi connectivity index (χ0n) is 18.4. The Morgan fingerprint density at radius 3 is 2.58 bits per heavy atom. The van der Waals surface area contributed by atoms with Gasteiger partial charge in [0, 0.05) is 18.2 Å². The van der Waals surface area contributed by atoms with E-state index < -0.39 is 5.25 Å². The molecule has 2 aromatic rings. The number of carbonyl (C=O) groups is 2. The summed E-state index contributed by atoms with van der Waals surface area (Å²) in [5, 5.41) is 3.29. The standard InChI is InChI=1S/C25H29N3O2S/c1-16-12-13-18(3)21(14-16)26-23(29)15-22-24(30)28(19-9-5-6-10-19)25(31-22)27-20-11-7-4-8-17(20)2/h4,7-8,11-14,19,22H,5-6,9-10,15H2,1-3H3,(H,26,29). The van der Waals surface area contributed by atoms with Crippen LogP contribution >= 0.6 is 11.8 Å². The molecule has 4 rings (SSSR count). The molecular formula is C25H29N3O2S. The summed E-state index contributed by atoms with van der Waals surface area (Å²) in [6.45, 7) is 5.99. The highest BCUT2D eigenvalue weighted by Crippen LogP contribution is 2.37. The monoisotopic (exact) mass is 435 g/mol. The van der Waals surface area contributed by atoms with Crippen molar-refractivity contribution in [2.24, 2.45) is 4.99 Å². The summed E-state index contributed by atoms with van der Waals surface area (Å²) < 4.78 is 0. The van der Waals surface area contributed by atoms with Gasteiger partial charge in [0.1, 0.15) is 5.25 Å². The van der Waals surface area contributed by atoms with E-state index in [1.165, 1.54) is 11.8 Å². The maximum absolute atomic E-state index is 13.3. The van der Waals surface area contributed by atoms with Gasteiger partial charge in [0.05, 0.1) is 5.69 Å². The largest absolute Gasteiger partial charge is 0.326 e. The molecule has 1 N–H and O–H groups in total. The van der Waals surface area contributed by atoms with Gasteiger partial charge < -0.3 is 5.32 Å². The number of amidine groups is 1. The Morgan fingerprint density at radius 2 is 1.84 bits per heavy atom. The third-order valence-electron chi connectivity index (χ3n) is 6.03. The van der Waals surface area contributed by atoms with Crippen LogP contribution in [0.2, 0.25) is 0 Å². The van der Waals surface area contributed by atoms with E-state index in [1.54, 1.807) is 0 Å². The summed E-state index contributed by atoms with van der Waals surface area (Å²) in [6, 6.07) is 14.1. The molecule has 1 heterocycles. The summed E-state index contributed by atoms with van der Waals surface area (Å²) in [5.74, 6) is -0.122. The van der Waals surface area contributed by atoms with E-state index in [-0.39, 0.29) is 24.3 Å². The zero-order chi connectivity index (χ0) is 22.0. The molecular weight excluding hydrogens is 406 g/mol. The highest BCUT2D eigenvalue weighted by molar-refractivity contribution is 8.15. The second kappa shape index (κ2) is 9.27. The van der Waals surface area contributed by atoms with Crippen LogP contribution in [0.1, 0.15) is 48.8 Å². The molecule has 1 saturated carbocycles. The fourth-order valence-corrected chi connectivity index (χ4v) is 5.43. The van der Waals surface area contributed by atoms with E-state index >= 15 is 0 Å². The van der Waals surface area contributed by atoms with E-state index in [0.29, 0.717) is 0 Å². The van der Waals surface area contributed by atoms with Gasteiger partial charge in [-0.2, -0.15) is 0 Å². The van der Waals surface area contributed by atoms with Crippen molar-refractivity contribution in [2.45, 2.75) is 64.2 Å². The van der Waals surface area contributed by atoms with Gasteiger partial charge in [-0.15, -0.1) is 0 Å². The first-order valence-electron chi connectivity index (χ1n) is 10.9. The molecule has 1 saturated heterocycles. The van der Waals surface area contributed by atoms with Gasteiger partial charge in [-0.25, -0.2) is 4.99 Å². The molecule has 2 aliphatic rings. The maximum Gasteiger partial charge on any atom is 0.242 e. The molecule has 162 valence electrons. The molecule has 2 amide bonds. The molecule has 0 spiro atoms. The van der Waals surface area contributed by atoms with Crippen molar-refractivity contribution in [3.63, 3.8) is 0 Å². The van der Waals surface area contributed by atoms with Gasteiger partial charge in [-0.05, 0) is 62.4 Å². The molecule has 6 heteroatoms. The highest BCUT2D eigenvalue weighted by atomic mass is 32.2. The molecule has 1 aliphatic carbocycles. The average molecular weight is 436 g/mol. The van der Waals surface area contributed by atoms with E-state index in [4.69, 9.17) is 4.99 Å². The molecule has 0 bridgehead atoms. The number of thioether (sulfide) groups is 1. The van der Waals surface area contributed by atoms with Crippen molar-refractivity contribution in [1.82, 2.24) is 4.90 Å². The first-order chi connectivity index (χ1) is 14.9. The number of amides is 2. The van der Waals surface area contributed by atoms with E-state index in [2.05, 4.69) is 5.32 Å². The van der Waals surface area contributed by atoms with Crippen LogP contribution in [-0.2, 0) is 9.59 Å². The Hall–Kier alpha value is -2.60. The number of nitrogens with zero attached hydrogens (tertiary/aromatic N) is 2. The Bertz CT molecular complexity index is 1030. The van der Waals surface area contributed by atoms with Crippen molar-refractivity contribution >= 4 is 40.1 Å². The van der Waals surface area contributed by atoms with Gasteiger partial charge in [0.25, 0.3) is 0 Å². The van der Waals surface area contributed by atoms with E-state index in [9.17, 15) is 9.59 Å². The Kier molecular flexibility index (Phi) is 6.46. The second-order valence-electron chi connectivity index (χ2n) is 8.50. The van der Waals surface area contributed by atoms with Crippen molar-refractivity contribution in [3.8, 4) is 0 Å². The fourth-order valence-electron chi connectivity index (χ4n) is 4.22. The van der Waals surface area contributed by atoms with Crippen LogP contribution in [0.5, 0.6) is 0 Å². The lowest BCUT2D eigenvalue weighted by Crippen LogP contribution is -2.40. The zero-order valence-corrected chi connectivity index (χ0v) is 19.2. The minimum absolute atomic E-state index is 0.0142. The normalized spacial score (nSPS) is 20.6. The maximum atomic E-state index is 13.3. The lowest BCUT2D eigenvalue weighted by Gasteiger charge is -2.23. The molecule has 1 aliphatic heterocycles. The van der Waals surface area contributed by atoms with E-state index in [0.717, 1.165) is 58.9 Å². The van der Waals surface area contributed by atoms with E-state index in [1.807, 2.05) is 68.1 Å². The van der Waals surface area contributed by atoms with Gasteiger partial charge in [0.15, 0.2) is 5.17 Å². The predicted octanol–water partition coefficient (Wildman–Crippen LogP) is 5.51. The Labute approximate surface area is 188 Å². The summed E-state index contributed by atoms with van der Waals surface area (Å²) in [6.07, 6.45) is 4.41. The second-order valence-corrected chi connectivity index (χ2v) is 9.67. The number of aliphatic imine (C=N–C) groups is 1. The third-order valence-corrected chi connectivity index (χ3v) is 7.18. The smallest absolute Gasteiger partial charge is 0.242 e. The van der Waals surface area contributed by atoms with Gasteiger partial charge >= 0.3 is 0 Å². The Morgan fingerprint density at radius 1 is 1.10 bits per heavy atom. The highest BCUT2D eigenvalue weighted by Gasteiger charge is 2.43. The lowest BCUT2D eigenvalue weighted by molar-refractivity contribution is -0.129. The van der Waals surface area contributed by atoms with Crippen LogP contribution in [0.15, 0.2) is 47.5 Å². The van der Waals surface area contributed by atoms with Crippen molar-refractivity contribution in [2.75, 3.05) is 5.32 Å². The first kappa shape index (κ1) is 21.6. The number of aryl methyl sites for hydroxylation is 3. The number of hydrogen-bond acceptors (Lipinski definition) is 4. The predicted molar refractivity (Wildman–Crippen MR) is 128 cm³/mol. The van der Waals surface area contributed by atoms with Crippen LogP contribution in [0.25, 0.3) is 0 Å². The van der Waals surface area contributed by atoms with Crippen LogP contribution < -0.4 is 5.32 Å². The number of carbonyl (C=O) groups excluding carboxylic acids is 2. The molecule has 1 unspecified atom stereocenters. The molecule has 2 aromatic carbocycles. The average Bonchev–Trinajstić information content (AvgIpc) is 3.35. The topological polar surface area (TPSA) is 61.8 Å². The molecule has 2 fully saturated rings. The van der Waals surface area contributed by atoms with Crippen LogP contribution in [-0.4, -0.2) is 33.2 Å². The van der Waals surface area contributed by atoms with Crippen LogP contribution in [0, 0.1) is 20.8 Å². The minimum Gasteiger partial charge on any atom is -0.326 e. The summed E-state index contributed by atoms with van der Waals surface area (Å²) in [5.41, 5.74) is 4.86. The van der Waals surface area contributed by atoms with Crippen LogP contribution in [0.3, 0.4) is 0 Å². The molecule has 1 atom stereocenters. The van der Waals surface area contributed by atoms with Gasteiger partial charge in [-0.1, -0.05) is 54.9 Å². The van der Waals surface area contributed by atoms with Crippen molar-refractivity contribution < 1.29 is 9.59 Å². The first-order valence-corrected chi connectivity index (χ1v) is 11.8. The number of nitrogens with one attached hydrogen (secondary N) is 1. The number of benzene rings is 2. The summed E-state index contributed by atoms with van der Waals surface area (Å²) in [7, 11) is 0. The number of rotatable bonds is 5. The minimum atomic E-state index is -0.437.